The van der Waals surface area contributed by atoms with E-state index in [0.29, 0.717) is 12.1 Å². The largest absolute Gasteiger partial charge is 0.486 e. The number of carboxylic acids is 1. The molecule has 0 radical (unpaired) electrons. The summed E-state index contributed by atoms with van der Waals surface area (Å²) in [6, 6.07) is 10.1. The highest BCUT2D eigenvalue weighted by molar-refractivity contribution is 7.92. The van der Waals surface area contributed by atoms with Crippen molar-refractivity contribution >= 4 is 21.7 Å². The molecule has 3 aromatic rings. The third kappa shape index (κ3) is 5.95. The van der Waals surface area contributed by atoms with Crippen molar-refractivity contribution in [3.05, 3.63) is 71.9 Å². The Labute approximate surface area is 218 Å². The van der Waals surface area contributed by atoms with Crippen LogP contribution >= 0.6 is 0 Å². The molecule has 1 aromatic heterocycles. The van der Waals surface area contributed by atoms with Gasteiger partial charge in [-0.3, -0.25) is 9.10 Å². The first-order valence-electron chi connectivity index (χ1n) is 11.4. The predicted octanol–water partition coefficient (Wildman–Crippen LogP) is 5.85. The number of hydrogen-bond acceptors (Lipinski definition) is 5. The van der Waals surface area contributed by atoms with Crippen LogP contribution in [-0.4, -0.2) is 37.1 Å². The van der Waals surface area contributed by atoms with Gasteiger partial charge in [-0.1, -0.05) is 19.1 Å². The van der Waals surface area contributed by atoms with Gasteiger partial charge in [0.1, 0.15) is 17.5 Å². The molecular formula is C25H20F6N2O5S. The molecule has 208 valence electrons. The number of fused-ring (bicyclic) bond motifs is 1. The fourth-order valence-corrected chi connectivity index (χ4v) is 5.58. The SMILES string of the molecule is CC(C[C@H]1CN(S(=O)(=O)c2cccc(C(F)(F)F)c2)c2cc(-c3cccc(C(F)(F)F)n3)ccc2O1)C(=O)O. The maximum absolute atomic E-state index is 13.7. The van der Waals surface area contributed by atoms with Gasteiger partial charge in [-0.05, 0) is 55.0 Å². The van der Waals surface area contributed by atoms with E-state index in [1.165, 1.54) is 31.2 Å². The summed E-state index contributed by atoms with van der Waals surface area (Å²) in [5.74, 6) is -2.15. The number of benzene rings is 2. The first kappa shape index (κ1) is 28.2. The van der Waals surface area contributed by atoms with Gasteiger partial charge in [0.15, 0.2) is 0 Å². The zero-order chi connectivity index (χ0) is 28.8. The quantitative estimate of drug-likeness (QED) is 0.371. The third-order valence-electron chi connectivity index (χ3n) is 6.01. The fraction of sp³-hybridized carbons (Fsp3) is 0.280. The van der Waals surface area contributed by atoms with E-state index in [0.717, 1.165) is 28.6 Å². The van der Waals surface area contributed by atoms with Crippen molar-refractivity contribution < 1.29 is 49.4 Å². The Morgan fingerprint density at radius 1 is 1.05 bits per heavy atom. The molecule has 0 saturated carbocycles. The molecule has 1 unspecified atom stereocenters. The van der Waals surface area contributed by atoms with Crippen LogP contribution in [-0.2, 0) is 27.2 Å². The Morgan fingerprint density at radius 3 is 2.38 bits per heavy atom. The number of carbonyl (C=O) groups is 1. The number of anilines is 1. The van der Waals surface area contributed by atoms with E-state index in [-0.39, 0.29) is 29.1 Å². The minimum absolute atomic E-state index is 0.0462. The molecule has 0 saturated heterocycles. The maximum Gasteiger partial charge on any atom is 0.433 e. The van der Waals surface area contributed by atoms with Gasteiger partial charge in [0, 0.05) is 5.56 Å². The predicted molar refractivity (Wildman–Crippen MR) is 126 cm³/mol. The number of alkyl halides is 6. The Kier molecular flexibility index (Phi) is 7.27. The number of hydrogen-bond donors (Lipinski definition) is 1. The molecule has 2 aromatic carbocycles. The van der Waals surface area contributed by atoms with Gasteiger partial charge in [-0.2, -0.15) is 26.3 Å². The van der Waals surface area contributed by atoms with Crippen LogP contribution in [0.15, 0.2) is 65.6 Å². The summed E-state index contributed by atoms with van der Waals surface area (Å²) in [6.45, 7) is 0.929. The fourth-order valence-electron chi connectivity index (χ4n) is 4.03. The van der Waals surface area contributed by atoms with Crippen molar-refractivity contribution in [3.8, 4) is 17.0 Å². The van der Waals surface area contributed by atoms with E-state index in [2.05, 4.69) is 4.98 Å². The van der Waals surface area contributed by atoms with Crippen molar-refractivity contribution in [2.75, 3.05) is 10.8 Å². The number of ether oxygens (including phenoxy) is 1. The van der Waals surface area contributed by atoms with E-state index in [9.17, 15) is 44.7 Å². The molecule has 1 aliphatic heterocycles. The second kappa shape index (κ2) is 10.1. The van der Waals surface area contributed by atoms with Crippen molar-refractivity contribution in [1.82, 2.24) is 4.98 Å². The number of halogens is 6. The lowest BCUT2D eigenvalue weighted by molar-refractivity contribution is -0.142. The summed E-state index contributed by atoms with van der Waals surface area (Å²) in [5.41, 5.74) is -2.57. The smallest absolute Gasteiger partial charge is 0.433 e. The standard InChI is InChI=1S/C25H20F6N2O5S/c1-14(23(34)35)10-17-13-33(39(36,37)18-5-2-4-16(12-18)24(26,27)28)20-11-15(8-9-21(20)38-17)19-6-3-7-22(32-19)25(29,30)31/h2-9,11-12,14,17H,10,13H2,1H3,(H,34,35)/t14?,17-/m0/s1. The monoisotopic (exact) mass is 574 g/mol. The highest BCUT2D eigenvalue weighted by Crippen LogP contribution is 2.41. The minimum atomic E-state index is -4.82. The second-order valence-electron chi connectivity index (χ2n) is 8.86. The first-order chi connectivity index (χ1) is 18.1. The molecule has 7 nitrogen and oxygen atoms in total. The minimum Gasteiger partial charge on any atom is -0.486 e. The summed E-state index contributed by atoms with van der Waals surface area (Å²) in [7, 11) is -4.67. The summed E-state index contributed by atoms with van der Waals surface area (Å²) >= 11 is 0. The third-order valence-corrected chi connectivity index (χ3v) is 7.79. The van der Waals surface area contributed by atoms with E-state index in [1.54, 1.807) is 0 Å². The molecule has 0 fully saturated rings. The molecule has 0 aliphatic carbocycles. The number of rotatable bonds is 6. The van der Waals surface area contributed by atoms with Gasteiger partial charge >= 0.3 is 18.3 Å². The Balaban J connectivity index is 1.83. The van der Waals surface area contributed by atoms with E-state index < -0.39 is 63.1 Å². The molecule has 2 atom stereocenters. The molecular weight excluding hydrogens is 554 g/mol. The van der Waals surface area contributed by atoms with Crippen molar-refractivity contribution in [2.45, 2.75) is 36.7 Å². The Bertz CT molecular complexity index is 1510. The number of aromatic nitrogens is 1. The molecule has 0 amide bonds. The molecule has 4 rings (SSSR count). The average Bonchev–Trinajstić information content (AvgIpc) is 2.87. The van der Waals surface area contributed by atoms with Gasteiger partial charge in [0.2, 0.25) is 0 Å². The van der Waals surface area contributed by atoms with Crippen LogP contribution < -0.4 is 9.04 Å². The van der Waals surface area contributed by atoms with E-state index in [1.807, 2.05) is 0 Å². The molecule has 1 N–H and O–H groups in total. The van der Waals surface area contributed by atoms with Crippen LogP contribution in [0.5, 0.6) is 5.75 Å². The van der Waals surface area contributed by atoms with Gasteiger partial charge < -0.3 is 9.84 Å². The lowest BCUT2D eigenvalue weighted by Crippen LogP contribution is -2.44. The molecule has 39 heavy (non-hydrogen) atoms. The van der Waals surface area contributed by atoms with Gasteiger partial charge in [-0.25, -0.2) is 13.4 Å². The van der Waals surface area contributed by atoms with Crippen molar-refractivity contribution in [2.24, 2.45) is 5.92 Å². The molecule has 14 heteroatoms. The van der Waals surface area contributed by atoms with Gasteiger partial charge in [-0.15, -0.1) is 0 Å². The summed E-state index contributed by atoms with van der Waals surface area (Å²) < 4.78 is 113. The summed E-state index contributed by atoms with van der Waals surface area (Å²) in [6.07, 6.45) is -10.7. The highest BCUT2D eigenvalue weighted by atomic mass is 32.2. The lowest BCUT2D eigenvalue weighted by atomic mass is 10.0. The first-order valence-corrected chi connectivity index (χ1v) is 12.8. The van der Waals surface area contributed by atoms with Crippen LogP contribution in [0.3, 0.4) is 0 Å². The summed E-state index contributed by atoms with van der Waals surface area (Å²) in [4.78, 5) is 14.3. The van der Waals surface area contributed by atoms with Gasteiger partial charge in [0.05, 0.1) is 34.3 Å². The van der Waals surface area contributed by atoms with E-state index in [4.69, 9.17) is 4.74 Å². The number of pyridine rings is 1. The molecule has 1 aliphatic rings. The van der Waals surface area contributed by atoms with Gasteiger partial charge in [0.25, 0.3) is 10.0 Å². The molecule has 0 spiro atoms. The van der Waals surface area contributed by atoms with Crippen LogP contribution in [0.25, 0.3) is 11.3 Å². The van der Waals surface area contributed by atoms with Crippen LogP contribution in [0, 0.1) is 5.92 Å². The number of sulfonamides is 1. The van der Waals surface area contributed by atoms with Crippen molar-refractivity contribution in [1.29, 1.82) is 0 Å². The summed E-state index contributed by atoms with van der Waals surface area (Å²) in [5, 5.41) is 9.28. The second-order valence-corrected chi connectivity index (χ2v) is 10.7. The Morgan fingerprint density at radius 2 is 1.74 bits per heavy atom. The normalized spacial score (nSPS) is 16.8. The average molecular weight is 574 g/mol. The number of aliphatic carboxylic acids is 1. The number of nitrogens with zero attached hydrogens (tertiary/aromatic N) is 2. The Hall–Kier alpha value is -3.81. The van der Waals surface area contributed by atoms with Crippen LogP contribution in [0.2, 0.25) is 0 Å². The van der Waals surface area contributed by atoms with E-state index >= 15 is 0 Å². The highest BCUT2D eigenvalue weighted by Gasteiger charge is 2.38. The zero-order valence-electron chi connectivity index (χ0n) is 20.0. The topological polar surface area (TPSA) is 96.8 Å². The molecule has 2 heterocycles. The van der Waals surface area contributed by atoms with Crippen LogP contribution in [0.1, 0.15) is 24.6 Å². The van der Waals surface area contributed by atoms with Crippen molar-refractivity contribution in [3.63, 3.8) is 0 Å². The molecule has 0 bridgehead atoms. The maximum atomic E-state index is 13.7. The van der Waals surface area contributed by atoms with Crippen LogP contribution in [0.4, 0.5) is 32.0 Å². The number of carboxylic acid groups (broad SMARTS) is 1. The zero-order valence-corrected chi connectivity index (χ0v) is 20.8. The lowest BCUT2D eigenvalue weighted by Gasteiger charge is -2.36.